The topological polar surface area (TPSA) is 43.4 Å². The van der Waals surface area contributed by atoms with Crippen LogP contribution in [0.3, 0.4) is 0 Å². The fraction of sp³-hybridized carbons (Fsp3) is 0.200. The van der Waals surface area contributed by atoms with Crippen LogP contribution in [-0.4, -0.2) is 50.4 Å². The Morgan fingerprint density at radius 1 is 0.579 bits per heavy atom. The Morgan fingerprint density at radius 3 is 1.08 bits per heavy atom. The van der Waals surface area contributed by atoms with Crippen LogP contribution < -0.4 is 21.2 Å². The van der Waals surface area contributed by atoms with E-state index in [0.717, 1.165) is 18.6 Å². The largest absolute Gasteiger partial charge is 0.270 e. The van der Waals surface area contributed by atoms with Gasteiger partial charge in [0.05, 0.1) is 12.9 Å². The molecule has 0 aromatic heterocycles. The van der Waals surface area contributed by atoms with Crippen molar-refractivity contribution < 1.29 is 12.6 Å². The third-order valence-corrected chi connectivity index (χ3v) is 12.4. The standard InChI is InChI=1S/C30H32O3P2S.2B/c1-30(23-33-36(2,31)32,24-34(26-15-7-3-8-16-26)27-17-9-4-10-18-27)25-35(28-19-11-5-12-20-28)29-21-13-6-14-22-29;;/h3-22H,23-25H2,1-2H3;;. The quantitative estimate of drug-likeness (QED) is 0.156. The third-order valence-electron chi connectivity index (χ3n) is 5.97. The first-order valence-corrected chi connectivity index (χ1v) is 16.8. The average molecular weight is 556 g/mol. The maximum atomic E-state index is 12.1. The van der Waals surface area contributed by atoms with Crippen LogP contribution in [0.25, 0.3) is 0 Å². The summed E-state index contributed by atoms with van der Waals surface area (Å²) in [6.45, 7) is 2.35. The zero-order valence-electron chi connectivity index (χ0n) is 21.9. The zero-order valence-corrected chi connectivity index (χ0v) is 24.5. The van der Waals surface area contributed by atoms with Crippen molar-refractivity contribution in [1.29, 1.82) is 0 Å². The van der Waals surface area contributed by atoms with Gasteiger partial charge in [-0.2, -0.15) is 8.42 Å². The van der Waals surface area contributed by atoms with Gasteiger partial charge in [-0.1, -0.05) is 128 Å². The summed E-state index contributed by atoms with van der Waals surface area (Å²) in [5.41, 5.74) is -0.377. The highest BCUT2D eigenvalue weighted by molar-refractivity contribution is 7.86. The molecule has 4 aromatic carbocycles. The van der Waals surface area contributed by atoms with Gasteiger partial charge >= 0.3 is 0 Å². The van der Waals surface area contributed by atoms with E-state index in [4.69, 9.17) is 4.18 Å². The van der Waals surface area contributed by atoms with Crippen molar-refractivity contribution in [2.45, 2.75) is 6.92 Å². The van der Waals surface area contributed by atoms with Gasteiger partial charge < -0.3 is 0 Å². The van der Waals surface area contributed by atoms with E-state index in [1.54, 1.807) is 0 Å². The molecule has 0 unspecified atom stereocenters. The van der Waals surface area contributed by atoms with Gasteiger partial charge in [0.2, 0.25) is 0 Å². The van der Waals surface area contributed by atoms with Crippen LogP contribution >= 0.6 is 15.8 Å². The molecule has 0 saturated carbocycles. The Balaban J connectivity index is 0.00000253. The fourth-order valence-electron chi connectivity index (χ4n) is 4.25. The summed E-state index contributed by atoms with van der Waals surface area (Å²) in [5, 5.41) is 5.14. The summed E-state index contributed by atoms with van der Waals surface area (Å²) in [5.74, 6) is 0. The molecular formula is C30H32B2O3P2S. The van der Waals surface area contributed by atoms with Gasteiger partial charge in [-0.3, -0.25) is 4.18 Å². The molecule has 0 atom stereocenters. The number of hydrogen-bond acceptors (Lipinski definition) is 3. The maximum absolute atomic E-state index is 12.1. The lowest BCUT2D eigenvalue weighted by Crippen LogP contribution is -2.36. The molecule has 6 radical (unpaired) electrons. The van der Waals surface area contributed by atoms with E-state index in [1.807, 2.05) is 24.3 Å². The first-order valence-electron chi connectivity index (χ1n) is 11.9. The van der Waals surface area contributed by atoms with E-state index >= 15 is 0 Å². The fourth-order valence-corrected chi connectivity index (χ4v) is 10.3. The summed E-state index contributed by atoms with van der Waals surface area (Å²) in [6, 6.07) is 42.3. The van der Waals surface area contributed by atoms with Gasteiger partial charge in [-0.25, -0.2) is 0 Å². The van der Waals surface area contributed by atoms with Gasteiger partial charge in [-0.15, -0.1) is 0 Å². The Morgan fingerprint density at radius 2 is 0.842 bits per heavy atom. The van der Waals surface area contributed by atoms with Gasteiger partial charge in [0.1, 0.15) is 0 Å². The first kappa shape index (κ1) is 32.0. The molecule has 4 rings (SSSR count). The van der Waals surface area contributed by atoms with E-state index in [0.29, 0.717) is 0 Å². The summed E-state index contributed by atoms with van der Waals surface area (Å²) < 4.78 is 29.8. The molecule has 4 aromatic rings. The van der Waals surface area contributed by atoms with Crippen LogP contribution in [0.15, 0.2) is 121 Å². The lowest BCUT2D eigenvalue weighted by molar-refractivity contribution is 0.212. The second-order valence-corrected chi connectivity index (χ2v) is 15.3. The molecule has 38 heavy (non-hydrogen) atoms. The Labute approximate surface area is 234 Å². The number of rotatable bonds is 11. The summed E-state index contributed by atoms with van der Waals surface area (Å²) in [7, 11) is -5.01. The van der Waals surface area contributed by atoms with Crippen molar-refractivity contribution in [3.8, 4) is 0 Å². The predicted octanol–water partition coefficient (Wildman–Crippen LogP) is 4.47. The van der Waals surface area contributed by atoms with Gasteiger partial charge in [0.15, 0.2) is 0 Å². The lowest BCUT2D eigenvalue weighted by Gasteiger charge is -2.37. The SMILES string of the molecule is CC(COS(C)(=O)=O)(CP(c1ccccc1)c1ccccc1)CP(c1ccccc1)c1ccccc1.[B].[B]. The van der Waals surface area contributed by atoms with Gasteiger partial charge in [-0.05, 0) is 49.4 Å². The minimum atomic E-state index is -3.57. The molecule has 0 N–H and O–H groups in total. The highest BCUT2D eigenvalue weighted by Gasteiger charge is 2.35. The van der Waals surface area contributed by atoms with Crippen molar-refractivity contribution >= 4 is 64.0 Å². The Kier molecular flexibility index (Phi) is 12.5. The van der Waals surface area contributed by atoms with Gasteiger partial charge in [0, 0.05) is 22.2 Å². The summed E-state index contributed by atoms with van der Waals surface area (Å²) >= 11 is 0. The van der Waals surface area contributed by atoms with Crippen LogP contribution in [0.1, 0.15) is 6.92 Å². The minimum absolute atomic E-state index is 0. The van der Waals surface area contributed by atoms with E-state index in [-0.39, 0.29) is 28.8 Å². The molecule has 0 amide bonds. The smallest absolute Gasteiger partial charge is 0.264 e. The molecule has 3 nitrogen and oxygen atoms in total. The average Bonchev–Trinajstić information content (AvgIpc) is 2.91. The molecule has 0 aliphatic carbocycles. The molecule has 0 spiro atoms. The second kappa shape index (κ2) is 14.8. The van der Waals surface area contributed by atoms with Crippen LogP contribution in [-0.2, 0) is 14.3 Å². The summed E-state index contributed by atoms with van der Waals surface area (Å²) in [6.07, 6.45) is 2.79. The number of hydrogen-bond donors (Lipinski definition) is 0. The van der Waals surface area contributed by atoms with E-state index < -0.39 is 26.0 Å². The molecule has 0 aliphatic rings. The van der Waals surface area contributed by atoms with Crippen molar-refractivity contribution in [2.24, 2.45) is 5.41 Å². The summed E-state index contributed by atoms with van der Waals surface area (Å²) in [4.78, 5) is 0. The van der Waals surface area contributed by atoms with Crippen LogP contribution in [0.5, 0.6) is 0 Å². The third kappa shape index (κ3) is 9.21. The molecule has 0 saturated heterocycles. The van der Waals surface area contributed by atoms with Crippen molar-refractivity contribution in [3.63, 3.8) is 0 Å². The monoisotopic (exact) mass is 556 g/mol. The molecule has 0 heterocycles. The first-order chi connectivity index (χ1) is 17.3. The highest BCUT2D eigenvalue weighted by atomic mass is 32.2. The van der Waals surface area contributed by atoms with E-state index in [2.05, 4.69) is 104 Å². The Hall–Kier alpha value is -2.22. The highest BCUT2D eigenvalue weighted by Crippen LogP contribution is 2.47. The van der Waals surface area contributed by atoms with Crippen molar-refractivity contribution in [1.82, 2.24) is 0 Å². The zero-order chi connectivity index (χ0) is 25.4. The van der Waals surface area contributed by atoms with Gasteiger partial charge in [0.25, 0.3) is 10.1 Å². The minimum Gasteiger partial charge on any atom is -0.270 e. The van der Waals surface area contributed by atoms with Crippen LogP contribution in [0.2, 0.25) is 0 Å². The van der Waals surface area contributed by atoms with E-state index in [1.165, 1.54) is 21.2 Å². The normalized spacial score (nSPS) is 11.6. The Bertz CT molecular complexity index is 1160. The molecule has 192 valence electrons. The van der Waals surface area contributed by atoms with Crippen LogP contribution in [0.4, 0.5) is 0 Å². The molecule has 0 fully saturated rings. The van der Waals surface area contributed by atoms with Crippen molar-refractivity contribution in [3.05, 3.63) is 121 Å². The second-order valence-electron chi connectivity index (χ2n) is 9.29. The van der Waals surface area contributed by atoms with Crippen LogP contribution in [0, 0.1) is 5.41 Å². The van der Waals surface area contributed by atoms with E-state index in [9.17, 15) is 8.42 Å². The maximum Gasteiger partial charge on any atom is 0.264 e. The molecule has 8 heteroatoms. The van der Waals surface area contributed by atoms with Crippen molar-refractivity contribution in [2.75, 3.05) is 25.2 Å². The molecular weight excluding hydrogens is 524 g/mol. The number of benzene rings is 4. The predicted molar refractivity (Wildman–Crippen MR) is 168 cm³/mol. The lowest BCUT2D eigenvalue weighted by atomic mass is 9.98. The molecule has 0 aliphatic heterocycles. The molecule has 0 bridgehead atoms.